The Hall–Kier alpha value is -1.13. The fraction of sp³-hybridized carbons (Fsp3) is 0.625. The molecular formula is C16H23FN2O. The number of methoxy groups -OCH3 is 1. The van der Waals surface area contributed by atoms with Crippen molar-refractivity contribution in [3.8, 4) is 5.75 Å². The fourth-order valence-corrected chi connectivity index (χ4v) is 3.18. The van der Waals surface area contributed by atoms with Crippen molar-refractivity contribution in [1.82, 2.24) is 10.2 Å². The molecular weight excluding hydrogens is 255 g/mol. The topological polar surface area (TPSA) is 24.5 Å². The third-order valence-electron chi connectivity index (χ3n) is 4.43. The standard InChI is InChI=1S/C16H23FN2O/c1-11(15-9-12(17)3-6-16(15)20-2)18-13-7-8-19(10-13)14-4-5-14/h3,6,9,11,13-14,18H,4-5,7-8,10H2,1-2H3. The van der Waals surface area contributed by atoms with Crippen LogP contribution in [-0.4, -0.2) is 37.2 Å². The summed E-state index contributed by atoms with van der Waals surface area (Å²) >= 11 is 0. The van der Waals surface area contributed by atoms with Gasteiger partial charge in [-0.2, -0.15) is 0 Å². The van der Waals surface area contributed by atoms with E-state index in [1.807, 2.05) is 0 Å². The van der Waals surface area contributed by atoms with Crippen molar-refractivity contribution in [2.24, 2.45) is 0 Å². The highest BCUT2D eigenvalue weighted by molar-refractivity contribution is 5.36. The number of likely N-dealkylation sites (tertiary alicyclic amines) is 1. The molecule has 1 saturated carbocycles. The van der Waals surface area contributed by atoms with Crippen LogP contribution in [0, 0.1) is 5.82 Å². The van der Waals surface area contributed by atoms with E-state index in [1.165, 1.54) is 31.9 Å². The van der Waals surface area contributed by atoms with Crippen LogP contribution in [0.5, 0.6) is 5.75 Å². The van der Waals surface area contributed by atoms with Crippen molar-refractivity contribution in [2.75, 3.05) is 20.2 Å². The van der Waals surface area contributed by atoms with Gasteiger partial charge >= 0.3 is 0 Å². The highest BCUT2D eigenvalue weighted by atomic mass is 19.1. The van der Waals surface area contributed by atoms with E-state index in [0.717, 1.165) is 23.9 Å². The second-order valence-electron chi connectivity index (χ2n) is 5.99. The van der Waals surface area contributed by atoms with E-state index in [0.29, 0.717) is 6.04 Å². The number of ether oxygens (including phenoxy) is 1. The molecule has 2 atom stereocenters. The van der Waals surface area contributed by atoms with E-state index in [1.54, 1.807) is 19.2 Å². The average molecular weight is 278 g/mol. The average Bonchev–Trinajstić information content (AvgIpc) is 3.19. The Morgan fingerprint density at radius 1 is 1.35 bits per heavy atom. The molecule has 3 nitrogen and oxygen atoms in total. The zero-order valence-electron chi connectivity index (χ0n) is 12.2. The van der Waals surface area contributed by atoms with Crippen LogP contribution < -0.4 is 10.1 Å². The van der Waals surface area contributed by atoms with Crippen molar-refractivity contribution in [2.45, 2.75) is 44.3 Å². The summed E-state index contributed by atoms with van der Waals surface area (Å²) < 4.78 is 18.8. The molecule has 1 aliphatic carbocycles. The Morgan fingerprint density at radius 3 is 2.85 bits per heavy atom. The summed E-state index contributed by atoms with van der Waals surface area (Å²) in [7, 11) is 1.63. The van der Waals surface area contributed by atoms with E-state index < -0.39 is 0 Å². The summed E-state index contributed by atoms with van der Waals surface area (Å²) in [5.41, 5.74) is 0.900. The van der Waals surface area contributed by atoms with Crippen molar-refractivity contribution in [3.05, 3.63) is 29.6 Å². The highest BCUT2D eigenvalue weighted by Gasteiger charge is 2.34. The number of nitrogens with one attached hydrogen (secondary N) is 1. The molecule has 1 heterocycles. The van der Waals surface area contributed by atoms with Crippen molar-refractivity contribution >= 4 is 0 Å². The molecule has 0 amide bonds. The molecule has 2 aliphatic rings. The van der Waals surface area contributed by atoms with Crippen molar-refractivity contribution in [3.63, 3.8) is 0 Å². The lowest BCUT2D eigenvalue weighted by atomic mass is 10.1. The molecule has 1 saturated heterocycles. The number of nitrogens with zero attached hydrogens (tertiary/aromatic N) is 1. The predicted molar refractivity (Wildman–Crippen MR) is 77.5 cm³/mol. The van der Waals surface area contributed by atoms with Gasteiger partial charge < -0.3 is 10.1 Å². The summed E-state index contributed by atoms with van der Waals surface area (Å²) in [4.78, 5) is 2.58. The third kappa shape index (κ3) is 2.96. The zero-order valence-corrected chi connectivity index (χ0v) is 12.2. The van der Waals surface area contributed by atoms with Gasteiger partial charge in [-0.15, -0.1) is 0 Å². The smallest absolute Gasteiger partial charge is 0.123 e. The van der Waals surface area contributed by atoms with Gasteiger partial charge in [0.25, 0.3) is 0 Å². The van der Waals surface area contributed by atoms with E-state index in [9.17, 15) is 4.39 Å². The predicted octanol–water partition coefficient (Wildman–Crippen LogP) is 2.72. The fourth-order valence-electron chi connectivity index (χ4n) is 3.18. The van der Waals surface area contributed by atoms with Crippen LogP contribution in [0.1, 0.15) is 37.8 Å². The van der Waals surface area contributed by atoms with Gasteiger partial charge in [-0.05, 0) is 44.4 Å². The van der Waals surface area contributed by atoms with E-state index in [2.05, 4.69) is 17.1 Å². The summed E-state index contributed by atoms with van der Waals surface area (Å²) in [5, 5.41) is 3.62. The Balaban J connectivity index is 1.64. The summed E-state index contributed by atoms with van der Waals surface area (Å²) in [5.74, 6) is 0.545. The summed E-state index contributed by atoms with van der Waals surface area (Å²) in [6, 6.07) is 6.15. The van der Waals surface area contributed by atoms with Gasteiger partial charge in [0.05, 0.1) is 7.11 Å². The molecule has 0 bridgehead atoms. The Bertz CT molecular complexity index is 476. The van der Waals surface area contributed by atoms with Gasteiger partial charge in [-0.1, -0.05) is 0 Å². The van der Waals surface area contributed by atoms with Gasteiger partial charge in [-0.3, -0.25) is 4.90 Å². The number of hydrogen-bond donors (Lipinski definition) is 1. The lowest BCUT2D eigenvalue weighted by Crippen LogP contribution is -2.35. The maximum absolute atomic E-state index is 13.4. The van der Waals surface area contributed by atoms with Gasteiger partial charge in [0, 0.05) is 36.8 Å². The Morgan fingerprint density at radius 2 is 2.15 bits per heavy atom. The van der Waals surface area contributed by atoms with Crippen LogP contribution in [-0.2, 0) is 0 Å². The van der Waals surface area contributed by atoms with Gasteiger partial charge in [-0.25, -0.2) is 4.39 Å². The third-order valence-corrected chi connectivity index (χ3v) is 4.43. The van der Waals surface area contributed by atoms with Crippen LogP contribution >= 0.6 is 0 Å². The Kier molecular flexibility index (Phi) is 3.94. The second-order valence-corrected chi connectivity index (χ2v) is 5.99. The minimum absolute atomic E-state index is 0.102. The van der Waals surface area contributed by atoms with Crippen LogP contribution in [0.15, 0.2) is 18.2 Å². The SMILES string of the molecule is COc1ccc(F)cc1C(C)NC1CCN(C2CC2)C1. The van der Waals surface area contributed by atoms with E-state index >= 15 is 0 Å². The lowest BCUT2D eigenvalue weighted by Gasteiger charge is -2.22. The first-order valence-corrected chi connectivity index (χ1v) is 7.51. The summed E-state index contributed by atoms with van der Waals surface area (Å²) in [6.45, 7) is 4.39. The first-order valence-electron chi connectivity index (χ1n) is 7.51. The molecule has 1 aromatic rings. The number of rotatable bonds is 5. The van der Waals surface area contributed by atoms with Gasteiger partial charge in [0.1, 0.15) is 11.6 Å². The van der Waals surface area contributed by atoms with Crippen LogP contribution in [0.2, 0.25) is 0 Å². The van der Waals surface area contributed by atoms with Crippen LogP contribution in [0.4, 0.5) is 4.39 Å². The molecule has 4 heteroatoms. The molecule has 1 aliphatic heterocycles. The minimum Gasteiger partial charge on any atom is -0.496 e. The molecule has 1 aromatic carbocycles. The summed E-state index contributed by atoms with van der Waals surface area (Å²) in [6.07, 6.45) is 3.90. The second kappa shape index (κ2) is 5.70. The molecule has 3 rings (SSSR count). The molecule has 0 aromatic heterocycles. The highest BCUT2D eigenvalue weighted by Crippen LogP contribution is 2.31. The quantitative estimate of drug-likeness (QED) is 0.896. The van der Waals surface area contributed by atoms with Gasteiger partial charge in [0.2, 0.25) is 0 Å². The number of halogens is 1. The molecule has 0 spiro atoms. The van der Waals surface area contributed by atoms with Crippen LogP contribution in [0.3, 0.4) is 0 Å². The maximum Gasteiger partial charge on any atom is 0.123 e. The normalized spacial score (nSPS) is 24.9. The monoisotopic (exact) mass is 278 g/mol. The van der Waals surface area contributed by atoms with Crippen molar-refractivity contribution < 1.29 is 9.13 Å². The molecule has 2 fully saturated rings. The minimum atomic E-state index is -0.208. The number of hydrogen-bond acceptors (Lipinski definition) is 3. The molecule has 1 N–H and O–H groups in total. The Labute approximate surface area is 120 Å². The largest absolute Gasteiger partial charge is 0.496 e. The first kappa shape index (κ1) is 13.8. The molecule has 110 valence electrons. The first-order chi connectivity index (χ1) is 9.67. The van der Waals surface area contributed by atoms with Gasteiger partial charge in [0.15, 0.2) is 0 Å². The van der Waals surface area contributed by atoms with E-state index in [4.69, 9.17) is 4.74 Å². The lowest BCUT2D eigenvalue weighted by molar-refractivity contribution is 0.312. The maximum atomic E-state index is 13.4. The van der Waals surface area contributed by atoms with Crippen molar-refractivity contribution in [1.29, 1.82) is 0 Å². The zero-order chi connectivity index (χ0) is 14.1. The van der Waals surface area contributed by atoms with E-state index in [-0.39, 0.29) is 11.9 Å². The number of benzene rings is 1. The molecule has 2 unspecified atom stereocenters. The molecule has 0 radical (unpaired) electrons. The van der Waals surface area contributed by atoms with Crippen LogP contribution in [0.25, 0.3) is 0 Å². The molecule has 20 heavy (non-hydrogen) atoms.